The Bertz CT molecular complexity index is 838. The highest BCUT2D eigenvalue weighted by Crippen LogP contribution is 2.22. The zero-order valence-corrected chi connectivity index (χ0v) is 15.2. The Morgan fingerprint density at radius 2 is 1.85 bits per heavy atom. The van der Waals surface area contributed by atoms with Crippen molar-refractivity contribution >= 4 is 5.91 Å². The first kappa shape index (κ1) is 17.9. The molecule has 0 aliphatic carbocycles. The van der Waals surface area contributed by atoms with Crippen molar-refractivity contribution < 1.29 is 9.32 Å². The molecule has 1 atom stereocenters. The van der Waals surface area contributed by atoms with Crippen LogP contribution in [0.4, 0.5) is 0 Å². The van der Waals surface area contributed by atoms with Crippen LogP contribution < -0.4 is 5.32 Å². The fraction of sp³-hybridized carbons (Fsp3) is 0.273. The minimum Gasteiger partial charge on any atom is -0.355 e. The van der Waals surface area contributed by atoms with E-state index in [1.165, 1.54) is 11.1 Å². The summed E-state index contributed by atoms with van der Waals surface area (Å²) < 4.78 is 5.34. The van der Waals surface area contributed by atoms with Crippen molar-refractivity contribution in [2.45, 2.75) is 32.6 Å². The fourth-order valence-electron chi connectivity index (χ4n) is 3.00. The number of aryl methyl sites for hydroxylation is 1. The van der Waals surface area contributed by atoms with Gasteiger partial charge in [0.2, 0.25) is 0 Å². The van der Waals surface area contributed by atoms with Crippen LogP contribution in [0.2, 0.25) is 0 Å². The molecule has 0 fully saturated rings. The van der Waals surface area contributed by atoms with Crippen molar-refractivity contribution in [3.05, 3.63) is 77.5 Å². The van der Waals surface area contributed by atoms with Gasteiger partial charge >= 0.3 is 0 Å². The molecular formula is C22H24N2O2. The molecule has 0 saturated heterocycles. The van der Waals surface area contributed by atoms with Gasteiger partial charge in [-0.3, -0.25) is 4.79 Å². The van der Waals surface area contributed by atoms with Crippen molar-refractivity contribution in [3.8, 4) is 11.3 Å². The Hall–Kier alpha value is -2.88. The van der Waals surface area contributed by atoms with Crippen LogP contribution in [0.1, 0.15) is 47.3 Å². The van der Waals surface area contributed by atoms with E-state index in [1.807, 2.05) is 49.4 Å². The number of carbonyl (C=O) groups excluding carboxylic acids is 1. The lowest BCUT2D eigenvalue weighted by Gasteiger charge is -2.17. The third-order valence-corrected chi connectivity index (χ3v) is 4.50. The van der Waals surface area contributed by atoms with Crippen LogP contribution in [0.15, 0.2) is 65.2 Å². The van der Waals surface area contributed by atoms with Crippen LogP contribution in [-0.4, -0.2) is 17.6 Å². The van der Waals surface area contributed by atoms with Crippen molar-refractivity contribution in [3.63, 3.8) is 0 Å². The average molecular weight is 348 g/mol. The van der Waals surface area contributed by atoms with Crippen molar-refractivity contribution in [2.75, 3.05) is 6.54 Å². The molecule has 4 nitrogen and oxygen atoms in total. The van der Waals surface area contributed by atoms with Crippen LogP contribution in [0, 0.1) is 6.92 Å². The quantitative estimate of drug-likeness (QED) is 0.656. The topological polar surface area (TPSA) is 55.1 Å². The number of aromatic nitrogens is 1. The largest absolute Gasteiger partial charge is 0.355 e. The molecule has 1 heterocycles. The molecule has 134 valence electrons. The second-order valence-corrected chi connectivity index (χ2v) is 6.55. The first-order valence-corrected chi connectivity index (χ1v) is 9.04. The monoisotopic (exact) mass is 348 g/mol. The van der Waals surface area contributed by atoms with Gasteiger partial charge in [-0.2, -0.15) is 0 Å². The SMILES string of the molecule is CCC[C@H](CNC(=O)c1cc(-c2ccc(C)cc2)on1)c1ccccc1. The lowest BCUT2D eigenvalue weighted by atomic mass is 9.94. The average Bonchev–Trinajstić information content (AvgIpc) is 3.16. The van der Waals surface area contributed by atoms with Crippen molar-refractivity contribution in [2.24, 2.45) is 0 Å². The van der Waals surface area contributed by atoms with Crippen LogP contribution >= 0.6 is 0 Å². The zero-order valence-electron chi connectivity index (χ0n) is 15.2. The summed E-state index contributed by atoms with van der Waals surface area (Å²) in [5.74, 6) is 0.695. The molecule has 2 aromatic carbocycles. The predicted octanol–water partition coefficient (Wildman–Crippen LogP) is 4.96. The Morgan fingerprint density at radius 1 is 1.12 bits per heavy atom. The maximum atomic E-state index is 12.4. The van der Waals surface area contributed by atoms with Gasteiger partial charge in [0, 0.05) is 24.1 Å². The maximum absolute atomic E-state index is 12.4. The molecule has 0 unspecified atom stereocenters. The lowest BCUT2D eigenvalue weighted by Crippen LogP contribution is -2.28. The molecule has 3 aromatic rings. The number of rotatable bonds is 7. The second kappa shape index (κ2) is 8.48. The molecule has 3 rings (SSSR count). The fourth-order valence-corrected chi connectivity index (χ4v) is 3.00. The molecule has 1 N–H and O–H groups in total. The van der Waals surface area contributed by atoms with Gasteiger partial charge in [0.15, 0.2) is 11.5 Å². The molecule has 0 aliphatic rings. The van der Waals surface area contributed by atoms with E-state index in [0.29, 0.717) is 23.9 Å². The van der Waals surface area contributed by atoms with Gasteiger partial charge in [0.1, 0.15) is 0 Å². The summed E-state index contributed by atoms with van der Waals surface area (Å²) in [6, 6.07) is 19.9. The Morgan fingerprint density at radius 3 is 2.54 bits per heavy atom. The first-order chi connectivity index (χ1) is 12.7. The Kier molecular flexibility index (Phi) is 5.84. The van der Waals surface area contributed by atoms with Crippen molar-refractivity contribution in [1.29, 1.82) is 0 Å². The van der Waals surface area contributed by atoms with Gasteiger partial charge in [-0.1, -0.05) is 78.7 Å². The standard InChI is InChI=1S/C22H24N2O2/c1-3-7-19(17-8-5-4-6-9-17)15-23-22(25)20-14-21(26-24-20)18-12-10-16(2)11-13-18/h4-6,8-14,19H,3,7,15H2,1-2H3,(H,23,25)/t19-/m1/s1. The highest BCUT2D eigenvalue weighted by Gasteiger charge is 2.16. The smallest absolute Gasteiger partial charge is 0.273 e. The van der Waals surface area contributed by atoms with E-state index in [2.05, 4.69) is 29.5 Å². The molecule has 0 radical (unpaired) electrons. The van der Waals surface area contributed by atoms with E-state index in [9.17, 15) is 4.79 Å². The number of nitrogens with one attached hydrogen (secondary N) is 1. The normalized spacial score (nSPS) is 11.9. The van der Waals surface area contributed by atoms with Gasteiger partial charge in [-0.15, -0.1) is 0 Å². The molecular weight excluding hydrogens is 324 g/mol. The van der Waals surface area contributed by atoms with Gasteiger partial charge in [0.05, 0.1) is 0 Å². The second-order valence-electron chi connectivity index (χ2n) is 6.55. The van der Waals surface area contributed by atoms with E-state index >= 15 is 0 Å². The molecule has 4 heteroatoms. The van der Waals surface area contributed by atoms with E-state index in [-0.39, 0.29) is 5.91 Å². The summed E-state index contributed by atoms with van der Waals surface area (Å²) in [5.41, 5.74) is 3.64. The number of amides is 1. The minimum absolute atomic E-state index is 0.204. The maximum Gasteiger partial charge on any atom is 0.273 e. The van der Waals surface area contributed by atoms with E-state index < -0.39 is 0 Å². The van der Waals surface area contributed by atoms with E-state index in [0.717, 1.165) is 18.4 Å². The highest BCUT2D eigenvalue weighted by atomic mass is 16.5. The van der Waals surface area contributed by atoms with Gasteiger partial charge in [-0.05, 0) is 18.9 Å². The predicted molar refractivity (Wildman–Crippen MR) is 103 cm³/mol. The van der Waals surface area contributed by atoms with Crippen LogP contribution in [0.3, 0.4) is 0 Å². The summed E-state index contributed by atoms with van der Waals surface area (Å²) in [6.07, 6.45) is 2.09. The number of nitrogens with zero attached hydrogens (tertiary/aromatic N) is 1. The molecule has 0 saturated carbocycles. The summed E-state index contributed by atoms with van der Waals surface area (Å²) >= 11 is 0. The third-order valence-electron chi connectivity index (χ3n) is 4.50. The number of hydrogen-bond acceptors (Lipinski definition) is 3. The summed E-state index contributed by atoms with van der Waals surface area (Å²) in [5, 5.41) is 6.92. The molecule has 0 aliphatic heterocycles. The molecule has 26 heavy (non-hydrogen) atoms. The van der Waals surface area contributed by atoms with Gasteiger partial charge < -0.3 is 9.84 Å². The van der Waals surface area contributed by atoms with Crippen molar-refractivity contribution in [1.82, 2.24) is 10.5 Å². The Labute approximate surface area is 154 Å². The summed E-state index contributed by atoms with van der Waals surface area (Å²) in [4.78, 5) is 12.4. The summed E-state index contributed by atoms with van der Waals surface area (Å²) in [7, 11) is 0. The number of hydrogen-bond donors (Lipinski definition) is 1. The lowest BCUT2D eigenvalue weighted by molar-refractivity contribution is 0.0941. The molecule has 1 aromatic heterocycles. The number of benzene rings is 2. The van der Waals surface area contributed by atoms with Crippen LogP contribution in [-0.2, 0) is 0 Å². The number of carbonyl (C=O) groups is 1. The molecule has 0 spiro atoms. The summed E-state index contributed by atoms with van der Waals surface area (Å²) in [6.45, 7) is 4.77. The van der Waals surface area contributed by atoms with Crippen LogP contribution in [0.25, 0.3) is 11.3 Å². The first-order valence-electron chi connectivity index (χ1n) is 9.04. The van der Waals surface area contributed by atoms with Gasteiger partial charge in [0.25, 0.3) is 5.91 Å². The Balaban J connectivity index is 1.65. The third kappa shape index (κ3) is 4.39. The van der Waals surface area contributed by atoms with Gasteiger partial charge in [-0.25, -0.2) is 0 Å². The van der Waals surface area contributed by atoms with E-state index in [1.54, 1.807) is 6.07 Å². The zero-order chi connectivity index (χ0) is 18.4. The highest BCUT2D eigenvalue weighted by molar-refractivity contribution is 5.93. The minimum atomic E-state index is -0.204. The van der Waals surface area contributed by atoms with Crippen LogP contribution in [0.5, 0.6) is 0 Å². The molecule has 1 amide bonds. The van der Waals surface area contributed by atoms with E-state index in [4.69, 9.17) is 4.52 Å². The molecule has 0 bridgehead atoms.